The summed E-state index contributed by atoms with van der Waals surface area (Å²) in [7, 11) is 0. The Balaban J connectivity index is 2.36. The van der Waals surface area contributed by atoms with E-state index in [9.17, 15) is 18.3 Å². The number of benzene rings is 2. The van der Waals surface area contributed by atoms with E-state index < -0.39 is 12.5 Å². The summed E-state index contributed by atoms with van der Waals surface area (Å²) in [5.74, 6) is -0.389. The molecule has 0 heterocycles. The second-order valence-corrected chi connectivity index (χ2v) is 4.59. The van der Waals surface area contributed by atoms with Crippen molar-refractivity contribution in [3.63, 3.8) is 0 Å². The van der Waals surface area contributed by atoms with Gasteiger partial charge in [0.15, 0.2) is 0 Å². The SMILES string of the molecule is CCc1cccc(C(O)c2ccccc2OC(F)(F)F)c1. The zero-order chi connectivity index (χ0) is 15.5. The summed E-state index contributed by atoms with van der Waals surface area (Å²) < 4.78 is 41.2. The second-order valence-electron chi connectivity index (χ2n) is 4.59. The lowest BCUT2D eigenvalue weighted by Crippen LogP contribution is -2.18. The van der Waals surface area contributed by atoms with Gasteiger partial charge >= 0.3 is 6.36 Å². The monoisotopic (exact) mass is 296 g/mol. The van der Waals surface area contributed by atoms with Crippen molar-refractivity contribution in [2.24, 2.45) is 0 Å². The highest BCUT2D eigenvalue weighted by atomic mass is 19.4. The van der Waals surface area contributed by atoms with Crippen molar-refractivity contribution in [1.82, 2.24) is 0 Å². The van der Waals surface area contributed by atoms with Gasteiger partial charge in [-0.15, -0.1) is 13.2 Å². The third kappa shape index (κ3) is 3.98. The molecule has 5 heteroatoms. The van der Waals surface area contributed by atoms with Crippen molar-refractivity contribution >= 4 is 0 Å². The Morgan fingerprint density at radius 2 is 1.81 bits per heavy atom. The molecular weight excluding hydrogens is 281 g/mol. The van der Waals surface area contributed by atoms with Crippen LogP contribution in [0, 0.1) is 0 Å². The quantitative estimate of drug-likeness (QED) is 0.915. The zero-order valence-electron chi connectivity index (χ0n) is 11.4. The molecule has 2 nitrogen and oxygen atoms in total. The first-order valence-electron chi connectivity index (χ1n) is 6.52. The molecule has 0 spiro atoms. The van der Waals surface area contributed by atoms with Gasteiger partial charge in [0.05, 0.1) is 0 Å². The van der Waals surface area contributed by atoms with Crippen LogP contribution in [0.25, 0.3) is 0 Å². The lowest BCUT2D eigenvalue weighted by Gasteiger charge is -2.18. The van der Waals surface area contributed by atoms with Gasteiger partial charge in [-0.25, -0.2) is 0 Å². The van der Waals surface area contributed by atoms with Gasteiger partial charge in [-0.2, -0.15) is 0 Å². The van der Waals surface area contributed by atoms with Crippen LogP contribution in [0.2, 0.25) is 0 Å². The summed E-state index contributed by atoms with van der Waals surface area (Å²) in [4.78, 5) is 0. The van der Waals surface area contributed by atoms with E-state index in [0.717, 1.165) is 12.0 Å². The molecule has 2 aromatic rings. The van der Waals surface area contributed by atoms with Crippen LogP contribution in [0.5, 0.6) is 5.75 Å². The van der Waals surface area contributed by atoms with Crippen LogP contribution in [-0.4, -0.2) is 11.5 Å². The average molecular weight is 296 g/mol. The third-order valence-electron chi connectivity index (χ3n) is 3.11. The largest absolute Gasteiger partial charge is 0.573 e. The summed E-state index contributed by atoms with van der Waals surface area (Å²) in [5.41, 5.74) is 1.62. The van der Waals surface area contributed by atoms with Gasteiger partial charge in [-0.05, 0) is 23.6 Å². The van der Waals surface area contributed by atoms with Crippen molar-refractivity contribution in [2.75, 3.05) is 0 Å². The van der Waals surface area contributed by atoms with Crippen LogP contribution in [-0.2, 0) is 6.42 Å². The van der Waals surface area contributed by atoms with E-state index in [1.54, 1.807) is 24.3 Å². The number of hydrogen-bond donors (Lipinski definition) is 1. The van der Waals surface area contributed by atoms with E-state index in [-0.39, 0.29) is 11.3 Å². The molecule has 2 aromatic carbocycles. The van der Waals surface area contributed by atoms with Gasteiger partial charge in [0.1, 0.15) is 11.9 Å². The lowest BCUT2D eigenvalue weighted by molar-refractivity contribution is -0.275. The molecule has 0 saturated carbocycles. The van der Waals surface area contributed by atoms with E-state index in [2.05, 4.69) is 4.74 Å². The molecule has 0 saturated heterocycles. The smallest absolute Gasteiger partial charge is 0.405 e. The standard InChI is InChI=1S/C16H15F3O2/c1-2-11-6-5-7-12(10-11)15(20)13-8-3-4-9-14(13)21-16(17,18)19/h3-10,15,20H,2H2,1H3. The Morgan fingerprint density at radius 1 is 1.10 bits per heavy atom. The predicted molar refractivity (Wildman–Crippen MR) is 73.0 cm³/mol. The molecule has 1 unspecified atom stereocenters. The molecule has 0 fully saturated rings. The Labute approximate surface area is 120 Å². The molecule has 2 rings (SSSR count). The fourth-order valence-electron chi connectivity index (χ4n) is 2.09. The fourth-order valence-corrected chi connectivity index (χ4v) is 2.09. The van der Waals surface area contributed by atoms with Crippen LogP contribution in [0.15, 0.2) is 48.5 Å². The number of aryl methyl sites for hydroxylation is 1. The Morgan fingerprint density at radius 3 is 2.48 bits per heavy atom. The van der Waals surface area contributed by atoms with Crippen LogP contribution in [0.1, 0.15) is 29.7 Å². The molecule has 0 aliphatic carbocycles. The zero-order valence-corrected chi connectivity index (χ0v) is 11.4. The highest BCUT2D eigenvalue weighted by Crippen LogP contribution is 2.33. The summed E-state index contributed by atoms with van der Waals surface area (Å²) in [6.45, 7) is 1.96. The minimum absolute atomic E-state index is 0.0862. The predicted octanol–water partition coefficient (Wildman–Crippen LogP) is 4.23. The van der Waals surface area contributed by atoms with Gasteiger partial charge in [0.25, 0.3) is 0 Å². The number of halogens is 3. The lowest BCUT2D eigenvalue weighted by atomic mass is 9.98. The van der Waals surface area contributed by atoms with Gasteiger partial charge in [-0.3, -0.25) is 0 Å². The summed E-state index contributed by atoms with van der Waals surface area (Å²) in [6.07, 6.45) is -5.18. The molecule has 0 amide bonds. The molecule has 0 bridgehead atoms. The molecule has 0 radical (unpaired) electrons. The van der Waals surface area contributed by atoms with Gasteiger partial charge in [0, 0.05) is 5.56 Å². The Kier molecular flexibility index (Phi) is 4.53. The minimum atomic E-state index is -4.79. The molecule has 21 heavy (non-hydrogen) atoms. The van der Waals surface area contributed by atoms with Crippen LogP contribution >= 0.6 is 0 Å². The minimum Gasteiger partial charge on any atom is -0.405 e. The number of para-hydroxylation sites is 1. The summed E-state index contributed by atoms with van der Waals surface area (Å²) in [6, 6.07) is 12.7. The van der Waals surface area contributed by atoms with Crippen molar-refractivity contribution in [1.29, 1.82) is 0 Å². The molecule has 0 aromatic heterocycles. The highest BCUT2D eigenvalue weighted by molar-refractivity contribution is 5.41. The maximum absolute atomic E-state index is 12.4. The number of rotatable bonds is 4. The first kappa shape index (κ1) is 15.4. The topological polar surface area (TPSA) is 29.5 Å². The number of alkyl halides is 3. The number of aliphatic hydroxyl groups is 1. The van der Waals surface area contributed by atoms with Gasteiger partial charge in [-0.1, -0.05) is 49.4 Å². The van der Waals surface area contributed by atoms with Crippen molar-refractivity contribution in [3.05, 3.63) is 65.2 Å². The highest BCUT2D eigenvalue weighted by Gasteiger charge is 2.32. The first-order valence-corrected chi connectivity index (χ1v) is 6.52. The van der Waals surface area contributed by atoms with Crippen LogP contribution in [0.3, 0.4) is 0 Å². The molecule has 0 aliphatic heterocycles. The molecule has 0 aliphatic rings. The van der Waals surface area contributed by atoms with Crippen LogP contribution in [0.4, 0.5) is 13.2 Å². The third-order valence-corrected chi connectivity index (χ3v) is 3.11. The Hall–Kier alpha value is -2.01. The van der Waals surface area contributed by atoms with E-state index in [1.165, 1.54) is 18.2 Å². The first-order chi connectivity index (χ1) is 9.90. The molecule has 112 valence electrons. The van der Waals surface area contributed by atoms with E-state index in [4.69, 9.17) is 0 Å². The fraction of sp³-hybridized carbons (Fsp3) is 0.250. The number of aliphatic hydroxyl groups excluding tert-OH is 1. The summed E-state index contributed by atoms with van der Waals surface area (Å²) >= 11 is 0. The second kappa shape index (κ2) is 6.18. The van der Waals surface area contributed by atoms with Gasteiger partial charge in [0.2, 0.25) is 0 Å². The van der Waals surface area contributed by atoms with E-state index in [0.29, 0.717) is 5.56 Å². The van der Waals surface area contributed by atoms with Crippen LogP contribution < -0.4 is 4.74 Å². The Bertz CT molecular complexity index is 608. The molecule has 1 atom stereocenters. The van der Waals surface area contributed by atoms with E-state index in [1.807, 2.05) is 13.0 Å². The van der Waals surface area contributed by atoms with Crippen molar-refractivity contribution < 1.29 is 23.0 Å². The van der Waals surface area contributed by atoms with Crippen molar-refractivity contribution in [2.45, 2.75) is 25.8 Å². The molecule has 1 N–H and O–H groups in total. The summed E-state index contributed by atoms with van der Waals surface area (Å²) in [5, 5.41) is 10.3. The van der Waals surface area contributed by atoms with Crippen molar-refractivity contribution in [3.8, 4) is 5.75 Å². The average Bonchev–Trinajstić information content (AvgIpc) is 2.45. The number of hydrogen-bond acceptors (Lipinski definition) is 2. The normalized spacial score (nSPS) is 13.0. The number of ether oxygens (including phenoxy) is 1. The molecular formula is C16H15F3O2. The maximum atomic E-state index is 12.4. The van der Waals surface area contributed by atoms with E-state index >= 15 is 0 Å². The van der Waals surface area contributed by atoms with Gasteiger partial charge < -0.3 is 9.84 Å². The maximum Gasteiger partial charge on any atom is 0.573 e.